The minimum atomic E-state index is 0.205. The summed E-state index contributed by atoms with van der Waals surface area (Å²) in [6.45, 7) is 6.51. The Morgan fingerprint density at radius 3 is 2.82 bits per heavy atom. The molecule has 4 nitrogen and oxygen atoms in total. The van der Waals surface area contributed by atoms with Crippen LogP contribution in [0.2, 0.25) is 0 Å². The fourth-order valence-electron chi connectivity index (χ4n) is 1.45. The summed E-state index contributed by atoms with van der Waals surface area (Å²) < 4.78 is 5.37. The summed E-state index contributed by atoms with van der Waals surface area (Å²) in [4.78, 5) is 8.60. The topological polar surface area (TPSA) is 47.0 Å². The average molecular weight is 233 g/mol. The molecule has 92 valence electrons. The number of aromatic nitrogens is 2. The third-order valence-corrected chi connectivity index (χ3v) is 2.31. The second-order valence-electron chi connectivity index (χ2n) is 3.76. The molecule has 1 N–H and O–H groups in total. The van der Waals surface area contributed by atoms with E-state index in [0.717, 1.165) is 12.1 Å². The van der Waals surface area contributed by atoms with Crippen LogP contribution in [-0.2, 0) is 0 Å². The van der Waals surface area contributed by atoms with E-state index in [9.17, 15) is 0 Å². The Labute approximate surface area is 103 Å². The molecule has 1 heterocycles. The molecule has 0 amide bonds. The van der Waals surface area contributed by atoms with Gasteiger partial charge in [-0.05, 0) is 20.3 Å². The normalized spacial score (nSPS) is 11.6. The number of nitrogens with one attached hydrogen (secondary N) is 1. The van der Waals surface area contributed by atoms with Crippen LogP contribution in [-0.4, -0.2) is 22.6 Å². The van der Waals surface area contributed by atoms with Crippen LogP contribution in [0.25, 0.3) is 0 Å². The number of aryl methyl sites for hydroxylation is 1. The molecule has 0 saturated carbocycles. The summed E-state index contributed by atoms with van der Waals surface area (Å²) in [6, 6.07) is 2.02. The number of terminal acetylenes is 1. The van der Waals surface area contributed by atoms with Crippen molar-refractivity contribution < 1.29 is 4.74 Å². The Morgan fingerprint density at radius 2 is 2.24 bits per heavy atom. The number of anilines is 1. The monoisotopic (exact) mass is 233 g/mol. The molecule has 1 aromatic rings. The van der Waals surface area contributed by atoms with Crippen molar-refractivity contribution in [3.8, 4) is 18.2 Å². The van der Waals surface area contributed by atoms with Crippen molar-refractivity contribution in [3.05, 3.63) is 11.8 Å². The van der Waals surface area contributed by atoms with Crippen LogP contribution in [0.1, 0.15) is 32.4 Å². The van der Waals surface area contributed by atoms with E-state index in [4.69, 9.17) is 11.2 Å². The Morgan fingerprint density at radius 1 is 1.47 bits per heavy atom. The first-order chi connectivity index (χ1) is 8.19. The highest BCUT2D eigenvalue weighted by atomic mass is 16.5. The predicted octanol–water partition coefficient (Wildman–Crippen LogP) is 2.40. The number of ether oxygens (including phenoxy) is 1. The number of hydrogen-bond donors (Lipinski definition) is 1. The van der Waals surface area contributed by atoms with Gasteiger partial charge in [-0.15, -0.1) is 12.3 Å². The van der Waals surface area contributed by atoms with Gasteiger partial charge in [-0.1, -0.05) is 6.92 Å². The van der Waals surface area contributed by atoms with Gasteiger partial charge in [0.05, 0.1) is 6.61 Å². The number of rotatable bonds is 6. The molecule has 0 aliphatic heterocycles. The van der Waals surface area contributed by atoms with E-state index in [1.54, 1.807) is 0 Å². The second kappa shape index (κ2) is 6.74. The summed E-state index contributed by atoms with van der Waals surface area (Å²) >= 11 is 0. The largest absolute Gasteiger partial charge is 0.478 e. The Hall–Kier alpha value is -1.76. The Kier molecular flexibility index (Phi) is 5.28. The molecule has 0 aromatic carbocycles. The summed E-state index contributed by atoms with van der Waals surface area (Å²) in [6.07, 6.45) is 6.91. The first-order valence-electron chi connectivity index (χ1n) is 5.88. The summed E-state index contributed by atoms with van der Waals surface area (Å²) in [5.41, 5.74) is 0.876. The maximum absolute atomic E-state index is 5.37. The molecule has 0 fully saturated rings. The van der Waals surface area contributed by atoms with Crippen molar-refractivity contribution >= 4 is 5.95 Å². The van der Waals surface area contributed by atoms with Gasteiger partial charge in [0.1, 0.15) is 0 Å². The van der Waals surface area contributed by atoms with Crippen LogP contribution in [0, 0.1) is 19.3 Å². The zero-order valence-electron chi connectivity index (χ0n) is 10.7. The maximum atomic E-state index is 5.37. The zero-order chi connectivity index (χ0) is 12.7. The minimum Gasteiger partial charge on any atom is -0.478 e. The lowest BCUT2D eigenvalue weighted by atomic mass is 10.2. The van der Waals surface area contributed by atoms with E-state index in [-0.39, 0.29) is 6.04 Å². The van der Waals surface area contributed by atoms with Crippen LogP contribution in [0.3, 0.4) is 0 Å². The summed E-state index contributed by atoms with van der Waals surface area (Å²) in [5.74, 6) is 3.82. The van der Waals surface area contributed by atoms with Crippen molar-refractivity contribution in [2.45, 2.75) is 39.7 Å². The molecule has 0 aliphatic carbocycles. The number of hydrogen-bond acceptors (Lipinski definition) is 4. The smallest absolute Gasteiger partial charge is 0.226 e. The van der Waals surface area contributed by atoms with Gasteiger partial charge in [0.15, 0.2) is 0 Å². The van der Waals surface area contributed by atoms with Gasteiger partial charge < -0.3 is 10.1 Å². The molecule has 0 aliphatic rings. The predicted molar refractivity (Wildman–Crippen MR) is 69.1 cm³/mol. The van der Waals surface area contributed by atoms with Crippen molar-refractivity contribution in [1.29, 1.82) is 0 Å². The van der Waals surface area contributed by atoms with Gasteiger partial charge in [0.2, 0.25) is 11.8 Å². The van der Waals surface area contributed by atoms with Crippen LogP contribution in [0.5, 0.6) is 5.88 Å². The SMILES string of the molecule is C#CCC(CC)Nc1nc(C)cc(OCC)n1. The van der Waals surface area contributed by atoms with E-state index in [0.29, 0.717) is 24.9 Å². The highest BCUT2D eigenvalue weighted by Crippen LogP contribution is 2.13. The summed E-state index contributed by atoms with van der Waals surface area (Å²) in [7, 11) is 0. The fraction of sp³-hybridized carbons (Fsp3) is 0.538. The number of nitrogens with zero attached hydrogens (tertiary/aromatic N) is 2. The lowest BCUT2D eigenvalue weighted by molar-refractivity contribution is 0.326. The molecule has 0 spiro atoms. The summed E-state index contributed by atoms with van der Waals surface area (Å²) in [5, 5.41) is 3.22. The lowest BCUT2D eigenvalue weighted by Gasteiger charge is -2.15. The maximum Gasteiger partial charge on any atom is 0.226 e. The van der Waals surface area contributed by atoms with Gasteiger partial charge in [-0.3, -0.25) is 0 Å². The molecule has 4 heteroatoms. The van der Waals surface area contributed by atoms with Crippen molar-refractivity contribution in [2.24, 2.45) is 0 Å². The second-order valence-corrected chi connectivity index (χ2v) is 3.76. The lowest BCUT2D eigenvalue weighted by Crippen LogP contribution is -2.19. The van der Waals surface area contributed by atoms with E-state index in [2.05, 4.69) is 28.1 Å². The van der Waals surface area contributed by atoms with Crippen molar-refractivity contribution in [2.75, 3.05) is 11.9 Å². The quantitative estimate of drug-likeness (QED) is 0.766. The molecule has 0 saturated heterocycles. The third-order valence-electron chi connectivity index (χ3n) is 2.31. The average Bonchev–Trinajstić information content (AvgIpc) is 2.28. The Bertz CT molecular complexity index is 398. The van der Waals surface area contributed by atoms with Crippen LogP contribution >= 0.6 is 0 Å². The van der Waals surface area contributed by atoms with E-state index >= 15 is 0 Å². The van der Waals surface area contributed by atoms with E-state index in [1.165, 1.54) is 0 Å². The molecular weight excluding hydrogens is 214 g/mol. The van der Waals surface area contributed by atoms with Gasteiger partial charge in [0.25, 0.3) is 0 Å². The van der Waals surface area contributed by atoms with Gasteiger partial charge in [-0.2, -0.15) is 4.98 Å². The van der Waals surface area contributed by atoms with Gasteiger partial charge in [-0.25, -0.2) is 4.98 Å². The Balaban J connectivity index is 2.79. The first-order valence-corrected chi connectivity index (χ1v) is 5.88. The van der Waals surface area contributed by atoms with Gasteiger partial charge in [0, 0.05) is 24.2 Å². The molecule has 1 unspecified atom stereocenters. The standard InChI is InChI=1S/C13H19N3O/c1-5-8-11(6-2)15-13-14-10(4)9-12(16-13)17-7-3/h1,9,11H,6-8H2,2-4H3,(H,14,15,16). The molecule has 0 bridgehead atoms. The van der Waals surface area contributed by atoms with Crippen LogP contribution in [0.15, 0.2) is 6.07 Å². The van der Waals surface area contributed by atoms with E-state index < -0.39 is 0 Å². The molecular formula is C13H19N3O. The highest BCUT2D eigenvalue weighted by molar-refractivity contribution is 5.32. The first kappa shape index (κ1) is 13.3. The molecule has 1 atom stereocenters. The van der Waals surface area contributed by atoms with Crippen LogP contribution in [0.4, 0.5) is 5.95 Å². The molecule has 17 heavy (non-hydrogen) atoms. The molecule has 0 radical (unpaired) electrons. The van der Waals surface area contributed by atoms with Crippen LogP contribution < -0.4 is 10.1 Å². The third kappa shape index (κ3) is 4.31. The molecule has 1 rings (SSSR count). The minimum absolute atomic E-state index is 0.205. The zero-order valence-corrected chi connectivity index (χ0v) is 10.7. The van der Waals surface area contributed by atoms with Crippen molar-refractivity contribution in [3.63, 3.8) is 0 Å². The highest BCUT2D eigenvalue weighted by Gasteiger charge is 2.08. The van der Waals surface area contributed by atoms with E-state index in [1.807, 2.05) is 19.9 Å². The van der Waals surface area contributed by atoms with Gasteiger partial charge >= 0.3 is 0 Å². The van der Waals surface area contributed by atoms with Crippen molar-refractivity contribution in [1.82, 2.24) is 9.97 Å². The fourth-order valence-corrected chi connectivity index (χ4v) is 1.45. The molecule has 1 aromatic heterocycles.